The third kappa shape index (κ3) is 7.43. The van der Waals surface area contributed by atoms with Crippen molar-refractivity contribution in [2.45, 2.75) is 47.0 Å². The molecule has 0 unspecified atom stereocenters. The Hall–Kier alpha value is -5.80. The van der Waals surface area contributed by atoms with Gasteiger partial charge in [0.25, 0.3) is 0 Å². The molecule has 264 valence electrons. The predicted octanol–water partition coefficient (Wildman–Crippen LogP) is 12.6. The maximum Gasteiger partial charge on any atom is 0.246 e. The van der Waals surface area contributed by atoms with E-state index in [0.29, 0.717) is 0 Å². The molecule has 1 aliphatic rings. The average molecular weight is 691 g/mol. The maximum absolute atomic E-state index is 4.57. The SMILES string of the molecule is C=CC(=C)B1c2ccc(N(C(=C)C=C)C(=C)/C=C\C(C)(C)C)cc2N(c2c(-c3ccccc3)cccc2-c2ccccc2)c2cc(C(C)(C)C)ccc21. The molecule has 0 saturated carbocycles. The molecule has 0 fully saturated rings. The number of nitrogens with zero attached hydrogens (tertiary/aromatic N) is 2. The highest BCUT2D eigenvalue weighted by atomic mass is 15.2. The highest BCUT2D eigenvalue weighted by Crippen LogP contribution is 2.48. The van der Waals surface area contributed by atoms with Crippen molar-refractivity contribution in [2.75, 3.05) is 9.80 Å². The number of hydrogen-bond acceptors (Lipinski definition) is 2. The molecule has 1 heterocycles. The fourth-order valence-corrected chi connectivity index (χ4v) is 7.13. The molecule has 1 aliphatic heterocycles. The lowest BCUT2D eigenvalue weighted by Crippen LogP contribution is -2.51. The smallest absolute Gasteiger partial charge is 0.246 e. The van der Waals surface area contributed by atoms with Crippen molar-refractivity contribution in [1.29, 1.82) is 0 Å². The van der Waals surface area contributed by atoms with E-state index in [1.165, 1.54) is 11.0 Å². The van der Waals surface area contributed by atoms with E-state index in [4.69, 9.17) is 0 Å². The number of benzene rings is 5. The first kappa shape index (κ1) is 37.0. The second kappa shape index (κ2) is 14.7. The van der Waals surface area contributed by atoms with Crippen molar-refractivity contribution in [3.05, 3.63) is 195 Å². The molecule has 53 heavy (non-hydrogen) atoms. The summed E-state index contributed by atoms with van der Waals surface area (Å²) in [7, 11) is 0. The zero-order valence-corrected chi connectivity index (χ0v) is 32.3. The highest BCUT2D eigenvalue weighted by Gasteiger charge is 2.38. The van der Waals surface area contributed by atoms with Crippen LogP contribution in [0.15, 0.2) is 189 Å². The van der Waals surface area contributed by atoms with Crippen LogP contribution in [0.2, 0.25) is 0 Å². The van der Waals surface area contributed by atoms with Gasteiger partial charge in [0.2, 0.25) is 6.71 Å². The second-order valence-corrected chi connectivity index (χ2v) is 16.0. The second-order valence-electron chi connectivity index (χ2n) is 16.0. The van der Waals surface area contributed by atoms with Crippen LogP contribution in [0.1, 0.15) is 47.1 Å². The topological polar surface area (TPSA) is 6.48 Å². The van der Waals surface area contributed by atoms with E-state index >= 15 is 0 Å². The fourth-order valence-electron chi connectivity index (χ4n) is 7.13. The van der Waals surface area contributed by atoms with Crippen molar-refractivity contribution in [3.8, 4) is 22.3 Å². The molecular formula is C50H51BN2. The van der Waals surface area contributed by atoms with Gasteiger partial charge >= 0.3 is 0 Å². The van der Waals surface area contributed by atoms with E-state index in [9.17, 15) is 0 Å². The summed E-state index contributed by atoms with van der Waals surface area (Å²) in [5.74, 6) is 0. The van der Waals surface area contributed by atoms with Crippen LogP contribution >= 0.6 is 0 Å². The van der Waals surface area contributed by atoms with Gasteiger partial charge in [0.05, 0.1) is 5.69 Å². The Bertz CT molecular complexity index is 2190. The van der Waals surface area contributed by atoms with Gasteiger partial charge in [-0.15, -0.1) is 6.58 Å². The van der Waals surface area contributed by atoms with Crippen LogP contribution in [0.5, 0.6) is 0 Å². The molecule has 0 N–H and O–H groups in total. The number of fused-ring (bicyclic) bond motifs is 2. The molecule has 3 heteroatoms. The molecular weight excluding hydrogens is 639 g/mol. The van der Waals surface area contributed by atoms with Crippen LogP contribution in [-0.4, -0.2) is 6.71 Å². The highest BCUT2D eigenvalue weighted by molar-refractivity contribution is 6.94. The Kier molecular flexibility index (Phi) is 10.2. The predicted molar refractivity (Wildman–Crippen MR) is 235 cm³/mol. The molecule has 0 amide bonds. The zero-order chi connectivity index (χ0) is 38.1. The van der Waals surface area contributed by atoms with E-state index in [-0.39, 0.29) is 17.5 Å². The average Bonchev–Trinajstić information content (AvgIpc) is 3.15. The standard InChI is InChI=1S/C50H51BN2/c1-12-35(3)51-44-29-27-40(50(9,10)11)33-46(44)53(47-34-41(28-30-45(47)51)52(36(4)13-2)37(5)31-32-49(6,7)8)48-42(38-21-16-14-17-22-38)25-20-26-43(48)39-23-18-15-19-24-39/h12-34H,1-5H2,6-11H3/b32-31-. The summed E-state index contributed by atoms with van der Waals surface area (Å²) < 4.78 is 0. The van der Waals surface area contributed by atoms with E-state index in [2.05, 4.69) is 212 Å². The van der Waals surface area contributed by atoms with Gasteiger partial charge in [0, 0.05) is 39.6 Å². The summed E-state index contributed by atoms with van der Waals surface area (Å²) in [5, 5.41) is 0. The first-order chi connectivity index (χ1) is 25.2. The Morgan fingerprint density at radius 3 is 1.68 bits per heavy atom. The summed E-state index contributed by atoms with van der Waals surface area (Å²) in [6.07, 6.45) is 7.95. The van der Waals surface area contributed by atoms with Gasteiger partial charge in [-0.3, -0.25) is 0 Å². The van der Waals surface area contributed by atoms with Crippen molar-refractivity contribution >= 4 is 40.4 Å². The van der Waals surface area contributed by atoms with Crippen LogP contribution in [0.4, 0.5) is 22.7 Å². The molecule has 6 rings (SSSR count). The molecule has 0 aromatic heterocycles. The first-order valence-electron chi connectivity index (χ1n) is 18.4. The lowest BCUT2D eigenvalue weighted by Gasteiger charge is -2.41. The monoisotopic (exact) mass is 690 g/mol. The summed E-state index contributed by atoms with van der Waals surface area (Å²) >= 11 is 0. The lowest BCUT2D eigenvalue weighted by atomic mass is 9.34. The number of para-hydroxylation sites is 1. The molecule has 5 aromatic rings. The molecule has 0 aliphatic carbocycles. The zero-order valence-electron chi connectivity index (χ0n) is 32.3. The van der Waals surface area contributed by atoms with Gasteiger partial charge in [0.15, 0.2) is 0 Å². The van der Waals surface area contributed by atoms with Crippen LogP contribution in [0.25, 0.3) is 22.3 Å². The maximum atomic E-state index is 4.57. The third-order valence-electron chi connectivity index (χ3n) is 9.92. The van der Waals surface area contributed by atoms with E-state index < -0.39 is 0 Å². The van der Waals surface area contributed by atoms with Crippen molar-refractivity contribution in [1.82, 2.24) is 0 Å². The van der Waals surface area contributed by atoms with Crippen molar-refractivity contribution in [2.24, 2.45) is 5.41 Å². The van der Waals surface area contributed by atoms with Crippen LogP contribution < -0.4 is 20.7 Å². The lowest BCUT2D eigenvalue weighted by molar-refractivity contribution is 0.544. The molecule has 2 nitrogen and oxygen atoms in total. The van der Waals surface area contributed by atoms with E-state index in [1.807, 2.05) is 6.08 Å². The summed E-state index contributed by atoms with van der Waals surface area (Å²) in [4.78, 5) is 4.58. The van der Waals surface area contributed by atoms with Crippen LogP contribution in [0, 0.1) is 5.41 Å². The molecule has 0 saturated heterocycles. The minimum absolute atomic E-state index is 0.0154. The van der Waals surface area contributed by atoms with Gasteiger partial charge in [-0.1, -0.05) is 183 Å². The van der Waals surface area contributed by atoms with Gasteiger partial charge in [-0.05, 0) is 68.8 Å². The molecule has 0 atom stereocenters. The van der Waals surface area contributed by atoms with Crippen molar-refractivity contribution < 1.29 is 0 Å². The summed E-state index contributed by atoms with van der Waals surface area (Å²) in [6.45, 7) is 35.1. The van der Waals surface area contributed by atoms with Crippen LogP contribution in [-0.2, 0) is 5.41 Å². The third-order valence-corrected chi connectivity index (χ3v) is 9.92. The first-order valence-corrected chi connectivity index (χ1v) is 18.4. The molecule has 0 bridgehead atoms. The van der Waals surface area contributed by atoms with Gasteiger partial charge in [0.1, 0.15) is 0 Å². The normalized spacial score (nSPS) is 12.6. The Morgan fingerprint density at radius 2 is 1.17 bits per heavy atom. The number of anilines is 4. The largest absolute Gasteiger partial charge is 0.312 e. The number of rotatable bonds is 10. The Morgan fingerprint density at radius 1 is 0.623 bits per heavy atom. The van der Waals surface area contributed by atoms with Gasteiger partial charge in [-0.25, -0.2) is 0 Å². The minimum Gasteiger partial charge on any atom is -0.312 e. The molecule has 0 spiro atoms. The van der Waals surface area contributed by atoms with E-state index in [0.717, 1.165) is 67.3 Å². The Balaban J connectivity index is 1.75. The fraction of sp³-hybridized carbons (Fsp3) is 0.160. The summed E-state index contributed by atoms with van der Waals surface area (Å²) in [5.41, 5.74) is 14.8. The molecule has 0 radical (unpaired) electrons. The Labute approximate surface area is 318 Å². The molecule has 5 aromatic carbocycles. The number of hydrogen-bond donors (Lipinski definition) is 0. The van der Waals surface area contributed by atoms with Crippen molar-refractivity contribution in [3.63, 3.8) is 0 Å². The quantitative estimate of drug-likeness (QED) is 0.106. The van der Waals surface area contributed by atoms with E-state index in [1.54, 1.807) is 6.08 Å². The minimum atomic E-state index is -0.0964. The van der Waals surface area contributed by atoms with Gasteiger partial charge in [-0.2, -0.15) is 0 Å². The van der Waals surface area contributed by atoms with Crippen LogP contribution in [0.3, 0.4) is 0 Å². The number of allylic oxidation sites excluding steroid dienone is 5. The summed E-state index contributed by atoms with van der Waals surface area (Å²) in [6, 6.07) is 41.7. The van der Waals surface area contributed by atoms with Gasteiger partial charge < -0.3 is 9.80 Å².